The Morgan fingerprint density at radius 3 is 2.52 bits per heavy atom. The van der Waals surface area contributed by atoms with Gasteiger partial charge in [0.2, 0.25) is 11.8 Å². The average molecular weight is 293 g/mol. The van der Waals surface area contributed by atoms with E-state index < -0.39 is 6.10 Å². The molecule has 0 N–H and O–H groups in total. The summed E-state index contributed by atoms with van der Waals surface area (Å²) in [6.45, 7) is 3.77. The van der Waals surface area contributed by atoms with Crippen LogP contribution in [0.1, 0.15) is 52.4 Å². The molecule has 3 aliphatic heterocycles. The number of allylic oxidation sites excluding steroid dienone is 2. The molecule has 21 heavy (non-hydrogen) atoms. The summed E-state index contributed by atoms with van der Waals surface area (Å²) in [6.07, 6.45) is 6.85. The van der Waals surface area contributed by atoms with E-state index in [-0.39, 0.29) is 29.7 Å². The minimum Gasteiger partial charge on any atom is -0.462 e. The number of amides is 2. The number of rotatable bonds is 2. The van der Waals surface area contributed by atoms with Gasteiger partial charge >= 0.3 is 5.97 Å². The van der Waals surface area contributed by atoms with Crippen LogP contribution in [0.3, 0.4) is 0 Å². The van der Waals surface area contributed by atoms with Crippen LogP contribution < -0.4 is 0 Å². The summed E-state index contributed by atoms with van der Waals surface area (Å²) < 4.78 is 5.36. The number of esters is 1. The van der Waals surface area contributed by atoms with Crippen LogP contribution in [0.2, 0.25) is 0 Å². The average Bonchev–Trinajstić information content (AvgIpc) is 2.42. The number of imide groups is 1. The molecule has 0 radical (unpaired) electrons. The molecule has 3 heterocycles. The maximum absolute atomic E-state index is 12.3. The van der Waals surface area contributed by atoms with Gasteiger partial charge in [0, 0.05) is 12.8 Å². The summed E-state index contributed by atoms with van der Waals surface area (Å²) >= 11 is 0. The van der Waals surface area contributed by atoms with Gasteiger partial charge < -0.3 is 4.74 Å². The summed E-state index contributed by atoms with van der Waals surface area (Å²) in [5.41, 5.74) is 0. The van der Waals surface area contributed by atoms with Crippen molar-refractivity contribution in [2.45, 2.75) is 64.5 Å². The second-order valence-corrected chi connectivity index (χ2v) is 5.73. The fourth-order valence-corrected chi connectivity index (χ4v) is 3.10. The first-order chi connectivity index (χ1) is 10.1. The van der Waals surface area contributed by atoms with Gasteiger partial charge in [-0.3, -0.25) is 19.3 Å². The largest absolute Gasteiger partial charge is 0.462 e. The molecule has 5 nitrogen and oxygen atoms in total. The highest BCUT2D eigenvalue weighted by molar-refractivity contribution is 6.02. The standard InChI is InChI=1S/C16H23NO4/c1-3-8-12-15-11(2)21-14(19)10-7-5-4-6-9-13(18)17(12)16(15)20/h4-5,11-12,15H,3,6-10H2,1-2H3/b5-4-/t11-,12-,15+/m1/s1. The molecule has 116 valence electrons. The second-order valence-electron chi connectivity index (χ2n) is 5.73. The monoisotopic (exact) mass is 293 g/mol. The van der Waals surface area contributed by atoms with Crippen molar-refractivity contribution in [1.29, 1.82) is 0 Å². The Morgan fingerprint density at radius 1 is 1.19 bits per heavy atom. The smallest absolute Gasteiger partial charge is 0.306 e. The van der Waals surface area contributed by atoms with E-state index >= 15 is 0 Å². The molecule has 0 aliphatic carbocycles. The summed E-state index contributed by atoms with van der Waals surface area (Å²) in [7, 11) is 0. The van der Waals surface area contributed by atoms with Crippen molar-refractivity contribution < 1.29 is 19.1 Å². The van der Waals surface area contributed by atoms with Crippen LogP contribution in [0.5, 0.6) is 0 Å². The van der Waals surface area contributed by atoms with Crippen LogP contribution >= 0.6 is 0 Å². The summed E-state index contributed by atoms with van der Waals surface area (Å²) in [5.74, 6) is -0.954. The molecule has 1 fully saturated rings. The molecule has 0 saturated carbocycles. The molecule has 0 aromatic carbocycles. The van der Waals surface area contributed by atoms with E-state index in [9.17, 15) is 14.4 Å². The van der Waals surface area contributed by atoms with Crippen molar-refractivity contribution in [3.63, 3.8) is 0 Å². The third kappa shape index (κ3) is 3.34. The third-order valence-electron chi connectivity index (χ3n) is 4.15. The maximum atomic E-state index is 12.3. The summed E-state index contributed by atoms with van der Waals surface area (Å²) in [5, 5.41) is 0. The number of hydrogen-bond acceptors (Lipinski definition) is 4. The van der Waals surface area contributed by atoms with Gasteiger partial charge in [0.15, 0.2) is 0 Å². The molecule has 1 saturated heterocycles. The highest BCUT2D eigenvalue weighted by Crippen LogP contribution is 2.35. The van der Waals surface area contributed by atoms with E-state index in [1.54, 1.807) is 6.92 Å². The molecular formula is C16H23NO4. The van der Waals surface area contributed by atoms with Crippen molar-refractivity contribution in [3.05, 3.63) is 12.2 Å². The number of fused-ring (bicyclic) bond motifs is 8. The van der Waals surface area contributed by atoms with Gasteiger partial charge in [-0.1, -0.05) is 25.5 Å². The minimum absolute atomic E-state index is 0.114. The Labute approximate surface area is 125 Å². The van der Waals surface area contributed by atoms with Crippen molar-refractivity contribution >= 4 is 17.8 Å². The fraction of sp³-hybridized carbons (Fsp3) is 0.688. The Kier molecular flexibility index (Phi) is 5.15. The van der Waals surface area contributed by atoms with E-state index in [1.807, 2.05) is 19.1 Å². The first-order valence-electron chi connectivity index (χ1n) is 7.76. The minimum atomic E-state index is -0.463. The molecule has 2 bridgehead atoms. The van der Waals surface area contributed by atoms with E-state index in [0.29, 0.717) is 25.7 Å². The quantitative estimate of drug-likeness (QED) is 0.339. The SMILES string of the molecule is CCC[C@@H]1[C@H]2C(=O)N1C(=O)CC/C=C\CCC(=O)O[C@@H]2C. The lowest BCUT2D eigenvalue weighted by atomic mass is 9.80. The van der Waals surface area contributed by atoms with Crippen LogP contribution in [-0.2, 0) is 19.1 Å². The van der Waals surface area contributed by atoms with Crippen LogP contribution in [0.15, 0.2) is 12.2 Å². The Balaban J connectivity index is 2.18. The van der Waals surface area contributed by atoms with Crippen LogP contribution in [0.25, 0.3) is 0 Å². The molecule has 0 aromatic heterocycles. The lowest BCUT2D eigenvalue weighted by Crippen LogP contribution is -2.66. The lowest BCUT2D eigenvalue weighted by molar-refractivity contribution is -0.178. The van der Waals surface area contributed by atoms with Crippen molar-refractivity contribution in [2.75, 3.05) is 0 Å². The van der Waals surface area contributed by atoms with Gasteiger partial charge in [-0.25, -0.2) is 0 Å². The van der Waals surface area contributed by atoms with Gasteiger partial charge in [0.05, 0.1) is 12.0 Å². The highest BCUT2D eigenvalue weighted by Gasteiger charge is 2.52. The molecule has 3 atom stereocenters. The zero-order valence-electron chi connectivity index (χ0n) is 12.7. The van der Waals surface area contributed by atoms with Crippen molar-refractivity contribution in [2.24, 2.45) is 5.92 Å². The van der Waals surface area contributed by atoms with Gasteiger partial charge in [0.1, 0.15) is 6.10 Å². The molecule has 0 spiro atoms. The number of carbonyl (C=O) groups excluding carboxylic acids is 3. The second kappa shape index (κ2) is 6.87. The number of ether oxygens (including phenoxy) is 1. The molecule has 5 heteroatoms. The fourth-order valence-electron chi connectivity index (χ4n) is 3.10. The number of hydrogen-bond donors (Lipinski definition) is 0. The molecule has 0 aromatic rings. The van der Waals surface area contributed by atoms with Gasteiger partial charge in [-0.2, -0.15) is 0 Å². The van der Waals surface area contributed by atoms with E-state index in [0.717, 1.165) is 12.8 Å². The summed E-state index contributed by atoms with van der Waals surface area (Å²) in [4.78, 5) is 37.6. The van der Waals surface area contributed by atoms with Crippen LogP contribution in [-0.4, -0.2) is 34.8 Å². The first-order valence-corrected chi connectivity index (χ1v) is 7.76. The Morgan fingerprint density at radius 2 is 1.86 bits per heavy atom. The molecule has 2 amide bonds. The van der Waals surface area contributed by atoms with Crippen LogP contribution in [0, 0.1) is 5.92 Å². The van der Waals surface area contributed by atoms with E-state index in [1.165, 1.54) is 4.90 Å². The van der Waals surface area contributed by atoms with E-state index in [4.69, 9.17) is 4.74 Å². The molecular weight excluding hydrogens is 270 g/mol. The van der Waals surface area contributed by atoms with Gasteiger partial charge in [0.25, 0.3) is 0 Å². The number of β-lactam (4-membered cyclic amide) rings is 1. The highest BCUT2D eigenvalue weighted by atomic mass is 16.5. The molecule has 0 unspecified atom stereocenters. The van der Waals surface area contributed by atoms with E-state index in [2.05, 4.69) is 0 Å². The lowest BCUT2D eigenvalue weighted by Gasteiger charge is -2.47. The molecule has 3 rings (SSSR count). The van der Waals surface area contributed by atoms with Crippen LogP contribution in [0.4, 0.5) is 0 Å². The predicted octanol–water partition coefficient (Wildman–Crippen LogP) is 2.20. The topological polar surface area (TPSA) is 63.7 Å². The predicted molar refractivity (Wildman–Crippen MR) is 77.2 cm³/mol. The Hall–Kier alpha value is -1.65. The van der Waals surface area contributed by atoms with Gasteiger partial charge in [-0.05, 0) is 26.2 Å². The number of carbonyl (C=O) groups is 3. The van der Waals surface area contributed by atoms with Crippen molar-refractivity contribution in [3.8, 4) is 0 Å². The molecule has 3 aliphatic rings. The zero-order chi connectivity index (χ0) is 15.4. The Bertz CT molecular complexity index is 457. The maximum Gasteiger partial charge on any atom is 0.306 e. The zero-order valence-corrected chi connectivity index (χ0v) is 12.7. The normalized spacial score (nSPS) is 32.4. The summed E-state index contributed by atoms with van der Waals surface area (Å²) in [6, 6.07) is -0.123. The first kappa shape index (κ1) is 15.7. The number of nitrogens with zero attached hydrogens (tertiary/aromatic N) is 1. The van der Waals surface area contributed by atoms with Crippen molar-refractivity contribution in [1.82, 2.24) is 4.90 Å². The van der Waals surface area contributed by atoms with Gasteiger partial charge in [-0.15, -0.1) is 0 Å². The third-order valence-corrected chi connectivity index (χ3v) is 4.15.